The topological polar surface area (TPSA) is 205 Å². The van der Waals surface area contributed by atoms with Crippen LogP contribution in [0.25, 0.3) is 10.9 Å². The molecule has 1 saturated carbocycles. The number of benzene rings is 1. The van der Waals surface area contributed by atoms with E-state index in [1.54, 1.807) is 24.4 Å². The predicted octanol–water partition coefficient (Wildman–Crippen LogP) is 3.60. The highest BCUT2D eigenvalue weighted by Crippen LogP contribution is 2.52. The number of hydrogen-bond acceptors (Lipinski definition) is 13. The summed E-state index contributed by atoms with van der Waals surface area (Å²) in [6.45, 7) is 2.42. The van der Waals surface area contributed by atoms with E-state index in [1.807, 2.05) is 0 Å². The van der Waals surface area contributed by atoms with Gasteiger partial charge in [-0.3, -0.25) is 4.79 Å². The molecule has 2 aliphatic rings. The Kier molecular flexibility index (Phi) is 14.2. The summed E-state index contributed by atoms with van der Waals surface area (Å²) in [5.74, 6) is 8.40. The molecule has 1 unspecified atom stereocenters. The molecule has 2 aromatic heterocycles. The highest BCUT2D eigenvalue weighted by Gasteiger charge is 2.49. The van der Waals surface area contributed by atoms with Crippen molar-refractivity contribution in [3.8, 4) is 35.4 Å². The molecule has 274 valence electrons. The van der Waals surface area contributed by atoms with Gasteiger partial charge in [0.1, 0.15) is 17.9 Å². The molecule has 16 heteroatoms. The molecule has 16 nitrogen and oxygen atoms in total. The molecule has 2 aliphatic carbocycles. The summed E-state index contributed by atoms with van der Waals surface area (Å²) in [5.41, 5.74) is 3.34. The Morgan fingerprint density at radius 2 is 1.82 bits per heavy atom. The standard InChI is InChI=1S/C35H44N6O10/c1-46-33-38-31(9-6-15-47-17-18-48-16-14-36-35(45)49-22-28-25-7-4-2-3-5-8-26(25)28)39-34(40-33)50-24-11-12-29-27(19-24)30(20-37-29)51-41-23(21-42)10-13-32(43)44/h11-12,19-21,23,25-26,28,37,41H,4-10,13-18,22H2,1H3,(H,36,45)(H,43,44)/t23-,25-,26+,28?/m0/s1. The highest BCUT2D eigenvalue weighted by molar-refractivity contribution is 5.87. The molecule has 0 bridgehead atoms. The molecule has 0 saturated heterocycles. The first-order valence-electron chi connectivity index (χ1n) is 17.1. The minimum atomic E-state index is -1.00. The first kappa shape index (κ1) is 37.3. The summed E-state index contributed by atoms with van der Waals surface area (Å²) in [7, 11) is 1.45. The van der Waals surface area contributed by atoms with Crippen LogP contribution < -0.4 is 25.1 Å². The van der Waals surface area contributed by atoms with E-state index >= 15 is 0 Å². The number of carbonyl (C=O) groups is 3. The molecule has 0 spiro atoms. The lowest BCUT2D eigenvalue weighted by Crippen LogP contribution is -2.33. The zero-order valence-corrected chi connectivity index (χ0v) is 28.6. The number of carboxylic acids is 1. The molecule has 1 amide bonds. The van der Waals surface area contributed by atoms with Gasteiger partial charge in [-0.2, -0.15) is 9.97 Å². The van der Waals surface area contributed by atoms with Gasteiger partial charge >= 0.3 is 24.1 Å². The number of aromatic amines is 1. The van der Waals surface area contributed by atoms with Gasteiger partial charge in [-0.05, 0) is 61.6 Å². The Hall–Kier alpha value is -4.98. The van der Waals surface area contributed by atoms with Crippen LogP contribution >= 0.6 is 0 Å². The fourth-order valence-corrected chi connectivity index (χ4v) is 5.91. The minimum Gasteiger partial charge on any atom is -0.481 e. The molecule has 4 N–H and O–H groups in total. The number of rotatable bonds is 22. The Morgan fingerprint density at radius 1 is 1.06 bits per heavy atom. The molecule has 2 heterocycles. The average Bonchev–Trinajstić information content (AvgIpc) is 3.59. The second kappa shape index (κ2) is 19.4. The zero-order valence-electron chi connectivity index (χ0n) is 28.6. The van der Waals surface area contributed by atoms with E-state index in [9.17, 15) is 14.4 Å². The predicted molar refractivity (Wildman–Crippen MR) is 181 cm³/mol. The van der Waals surface area contributed by atoms with Crippen molar-refractivity contribution in [1.29, 1.82) is 0 Å². The van der Waals surface area contributed by atoms with E-state index in [1.165, 1.54) is 7.11 Å². The first-order valence-corrected chi connectivity index (χ1v) is 17.1. The van der Waals surface area contributed by atoms with E-state index in [0.29, 0.717) is 99.2 Å². The summed E-state index contributed by atoms with van der Waals surface area (Å²) in [6, 6.07) is 4.57. The molecule has 0 radical (unpaired) electrons. The lowest BCUT2D eigenvalue weighted by atomic mass is 10.1. The smallest absolute Gasteiger partial charge is 0.407 e. The third-order valence-electron chi connectivity index (χ3n) is 8.62. The Labute approximate surface area is 295 Å². The van der Waals surface area contributed by atoms with Crippen LogP contribution in [0.4, 0.5) is 4.79 Å². The summed E-state index contributed by atoms with van der Waals surface area (Å²) in [6.07, 6.45) is 6.89. The number of hydroxylamine groups is 1. The Bertz CT molecular complexity index is 1660. The fraction of sp³-hybridized carbons (Fsp3) is 0.543. The van der Waals surface area contributed by atoms with Crippen molar-refractivity contribution < 1.29 is 48.0 Å². The van der Waals surface area contributed by atoms with E-state index in [0.717, 1.165) is 31.2 Å². The van der Waals surface area contributed by atoms with Gasteiger partial charge in [0.25, 0.3) is 0 Å². The number of alkyl carbamates (subject to hydrolysis) is 1. The number of carbonyl (C=O) groups excluding carboxylic acids is 2. The van der Waals surface area contributed by atoms with Crippen LogP contribution in [0, 0.1) is 29.6 Å². The van der Waals surface area contributed by atoms with E-state index in [2.05, 4.69) is 42.6 Å². The Balaban J connectivity index is 0.966. The van der Waals surface area contributed by atoms with Gasteiger partial charge < -0.3 is 48.7 Å². The van der Waals surface area contributed by atoms with Crippen molar-refractivity contribution in [3.63, 3.8) is 0 Å². The molecule has 5 rings (SSSR count). The van der Waals surface area contributed by atoms with E-state index in [4.69, 9.17) is 33.6 Å². The van der Waals surface area contributed by atoms with Gasteiger partial charge in [0.15, 0.2) is 5.75 Å². The van der Waals surface area contributed by atoms with Crippen molar-refractivity contribution in [1.82, 2.24) is 30.7 Å². The summed E-state index contributed by atoms with van der Waals surface area (Å²) >= 11 is 0. The number of hydrogen-bond donors (Lipinski definition) is 4. The van der Waals surface area contributed by atoms with Gasteiger partial charge in [0.2, 0.25) is 0 Å². The van der Waals surface area contributed by atoms with Crippen LogP contribution in [0.1, 0.15) is 50.8 Å². The number of methoxy groups -OCH3 is 1. The van der Waals surface area contributed by atoms with Crippen molar-refractivity contribution in [2.75, 3.05) is 46.7 Å². The van der Waals surface area contributed by atoms with Crippen LogP contribution in [0.15, 0.2) is 24.4 Å². The third kappa shape index (κ3) is 11.8. The van der Waals surface area contributed by atoms with Crippen LogP contribution in [-0.4, -0.2) is 96.1 Å². The summed E-state index contributed by atoms with van der Waals surface area (Å²) in [4.78, 5) is 55.7. The number of fused-ring (bicyclic) bond motifs is 2. The number of amides is 1. The number of aliphatic carboxylic acids is 1. The van der Waals surface area contributed by atoms with Crippen LogP contribution in [0.3, 0.4) is 0 Å². The third-order valence-corrected chi connectivity index (χ3v) is 8.62. The number of aldehydes is 1. The van der Waals surface area contributed by atoms with Gasteiger partial charge in [0.05, 0.1) is 39.6 Å². The number of carboxylic acid groups (broad SMARTS) is 1. The lowest BCUT2D eigenvalue weighted by Gasteiger charge is -2.12. The largest absolute Gasteiger partial charge is 0.481 e. The van der Waals surface area contributed by atoms with Gasteiger partial charge in [0, 0.05) is 55.9 Å². The number of nitrogens with one attached hydrogen (secondary N) is 3. The molecule has 0 aliphatic heterocycles. The number of aromatic nitrogens is 4. The molecule has 51 heavy (non-hydrogen) atoms. The quantitative estimate of drug-likeness (QED) is 0.0510. The van der Waals surface area contributed by atoms with Gasteiger partial charge in [-0.1, -0.05) is 0 Å². The number of nitrogens with zero attached hydrogens (tertiary/aromatic N) is 3. The number of ether oxygens (including phenoxy) is 5. The monoisotopic (exact) mass is 708 g/mol. The maximum Gasteiger partial charge on any atom is 0.407 e. The lowest BCUT2D eigenvalue weighted by molar-refractivity contribution is -0.137. The maximum absolute atomic E-state index is 12.0. The van der Waals surface area contributed by atoms with Crippen molar-refractivity contribution in [2.45, 2.75) is 57.4 Å². The fourth-order valence-electron chi connectivity index (χ4n) is 5.91. The molecular weight excluding hydrogens is 664 g/mol. The van der Waals surface area contributed by atoms with Gasteiger partial charge in [-0.25, -0.2) is 4.79 Å². The molecule has 3 aromatic rings. The van der Waals surface area contributed by atoms with Crippen molar-refractivity contribution >= 4 is 29.3 Å². The van der Waals surface area contributed by atoms with Gasteiger partial charge in [-0.15, -0.1) is 22.3 Å². The zero-order chi connectivity index (χ0) is 35.8. The average molecular weight is 709 g/mol. The molecule has 1 fully saturated rings. The van der Waals surface area contributed by atoms with Crippen LogP contribution in [0.5, 0.6) is 23.5 Å². The van der Waals surface area contributed by atoms with Crippen molar-refractivity contribution in [3.05, 3.63) is 30.2 Å². The normalized spacial score (nSPS) is 18.3. The molecular formula is C35H44N6O10. The van der Waals surface area contributed by atoms with E-state index < -0.39 is 18.1 Å². The second-order valence-corrected chi connectivity index (χ2v) is 12.2. The minimum absolute atomic E-state index is 0.0419. The second-order valence-electron chi connectivity index (χ2n) is 12.2. The SMILES string of the molecule is COc1nc(CCCOCCOCCNC(=O)OCC2[C@H]3CCC#CCC[C@@H]23)nc(Oc2ccc3[nH]cc(ON[C@H](C=O)CCC(=O)O)c3c2)n1. The maximum atomic E-state index is 12.0. The first-order chi connectivity index (χ1) is 24.9. The number of aryl methyl sites for hydroxylation is 1. The molecule has 4 atom stereocenters. The summed E-state index contributed by atoms with van der Waals surface area (Å²) in [5, 5.41) is 12.2. The van der Waals surface area contributed by atoms with E-state index in [-0.39, 0.29) is 24.9 Å². The molecule has 1 aromatic carbocycles. The van der Waals surface area contributed by atoms with Crippen LogP contribution in [0.2, 0.25) is 0 Å². The van der Waals surface area contributed by atoms with Crippen LogP contribution in [-0.2, 0) is 30.2 Å². The van der Waals surface area contributed by atoms with Crippen molar-refractivity contribution in [2.24, 2.45) is 17.8 Å². The highest BCUT2D eigenvalue weighted by atomic mass is 16.6. The summed E-state index contributed by atoms with van der Waals surface area (Å²) < 4.78 is 27.8. The Morgan fingerprint density at radius 3 is 2.57 bits per heavy atom. The number of H-pyrrole nitrogens is 1.